The molecule has 0 aromatic heterocycles. The van der Waals surface area contributed by atoms with Crippen molar-refractivity contribution in [1.82, 2.24) is 0 Å². The summed E-state index contributed by atoms with van der Waals surface area (Å²) in [5, 5.41) is 0. The van der Waals surface area contributed by atoms with Gasteiger partial charge in [-0.2, -0.15) is 0 Å². The van der Waals surface area contributed by atoms with E-state index in [1.54, 1.807) is 6.08 Å². The molecule has 0 N–H and O–H groups in total. The summed E-state index contributed by atoms with van der Waals surface area (Å²) in [5.41, 5.74) is 3.12. The zero-order valence-electron chi connectivity index (χ0n) is 11.0. The quantitative estimate of drug-likeness (QED) is 0.590. The van der Waals surface area contributed by atoms with Gasteiger partial charge in [0.2, 0.25) is 0 Å². The third-order valence-electron chi connectivity index (χ3n) is 2.60. The molecule has 1 nitrogen and oxygen atoms in total. The van der Waals surface area contributed by atoms with Crippen molar-refractivity contribution in [3.63, 3.8) is 0 Å². The van der Waals surface area contributed by atoms with Crippen LogP contribution >= 0.6 is 0 Å². The van der Waals surface area contributed by atoms with Gasteiger partial charge in [0, 0.05) is 5.56 Å². The average Bonchev–Trinajstić information content (AvgIpc) is 2.44. The van der Waals surface area contributed by atoms with Gasteiger partial charge in [-0.05, 0) is 36.8 Å². The highest BCUT2D eigenvalue weighted by atomic mass is 16.5. The molecule has 2 aromatic rings. The summed E-state index contributed by atoms with van der Waals surface area (Å²) in [7, 11) is 0. The molecule has 2 aromatic carbocycles. The van der Waals surface area contributed by atoms with Crippen molar-refractivity contribution in [2.45, 2.75) is 6.92 Å². The first kappa shape index (κ1) is 13.0. The monoisotopic (exact) mass is 248 g/mol. The van der Waals surface area contributed by atoms with E-state index in [0.717, 1.165) is 16.9 Å². The van der Waals surface area contributed by atoms with Gasteiger partial charge >= 0.3 is 0 Å². The van der Waals surface area contributed by atoms with Crippen LogP contribution in [-0.2, 0) is 0 Å². The maximum atomic E-state index is 5.58. The number of para-hydroxylation sites is 1. The van der Waals surface area contributed by atoms with Gasteiger partial charge in [-0.25, -0.2) is 0 Å². The fraction of sp³-hybridized carbons (Fsp3) is 0.111. The minimum absolute atomic E-state index is 0.489. The van der Waals surface area contributed by atoms with Crippen LogP contribution in [-0.4, -0.2) is 6.61 Å². The lowest BCUT2D eigenvalue weighted by Crippen LogP contribution is -1.94. The predicted octanol–water partition coefficient (Wildman–Crippen LogP) is 3.96. The van der Waals surface area contributed by atoms with Crippen LogP contribution in [0.15, 0.2) is 61.2 Å². The number of aryl methyl sites for hydroxylation is 1. The van der Waals surface area contributed by atoms with Crippen molar-refractivity contribution >= 4 is 0 Å². The summed E-state index contributed by atoms with van der Waals surface area (Å²) in [6, 6.07) is 15.9. The average molecular weight is 248 g/mol. The second kappa shape index (κ2) is 6.47. The summed E-state index contributed by atoms with van der Waals surface area (Å²) in [5.74, 6) is 7.11. The smallest absolute Gasteiger partial charge is 0.135 e. The van der Waals surface area contributed by atoms with Crippen molar-refractivity contribution in [3.8, 4) is 17.6 Å². The van der Waals surface area contributed by atoms with Gasteiger partial charge in [0.1, 0.15) is 12.4 Å². The Balaban J connectivity index is 2.26. The third-order valence-corrected chi connectivity index (χ3v) is 2.60. The van der Waals surface area contributed by atoms with Gasteiger partial charge in [-0.3, -0.25) is 0 Å². The summed E-state index contributed by atoms with van der Waals surface area (Å²) in [6.45, 7) is 6.20. The molecular weight excluding hydrogens is 232 g/mol. The fourth-order valence-corrected chi connectivity index (χ4v) is 1.71. The fourth-order valence-electron chi connectivity index (χ4n) is 1.71. The predicted molar refractivity (Wildman–Crippen MR) is 79.3 cm³/mol. The van der Waals surface area contributed by atoms with E-state index in [1.807, 2.05) is 36.4 Å². The van der Waals surface area contributed by atoms with Crippen molar-refractivity contribution in [3.05, 3.63) is 77.9 Å². The molecular formula is C18H16O. The van der Waals surface area contributed by atoms with E-state index in [4.69, 9.17) is 4.74 Å². The molecule has 0 spiro atoms. The van der Waals surface area contributed by atoms with Gasteiger partial charge in [0.25, 0.3) is 0 Å². The second-order valence-corrected chi connectivity index (χ2v) is 4.22. The van der Waals surface area contributed by atoms with E-state index in [1.165, 1.54) is 5.56 Å². The van der Waals surface area contributed by atoms with Crippen LogP contribution in [0.25, 0.3) is 0 Å². The molecule has 0 aliphatic carbocycles. The molecule has 0 saturated heterocycles. The molecule has 0 unspecified atom stereocenters. The van der Waals surface area contributed by atoms with Crippen molar-refractivity contribution in [1.29, 1.82) is 0 Å². The maximum Gasteiger partial charge on any atom is 0.135 e. The molecule has 0 amide bonds. The van der Waals surface area contributed by atoms with Crippen LogP contribution in [0.1, 0.15) is 16.7 Å². The summed E-state index contributed by atoms with van der Waals surface area (Å²) < 4.78 is 5.58. The van der Waals surface area contributed by atoms with Gasteiger partial charge < -0.3 is 4.74 Å². The van der Waals surface area contributed by atoms with Gasteiger partial charge in [0.15, 0.2) is 0 Å². The molecule has 0 aliphatic heterocycles. The Hall–Kier alpha value is -2.46. The van der Waals surface area contributed by atoms with Crippen LogP contribution in [0.2, 0.25) is 0 Å². The molecule has 0 saturated carbocycles. The minimum Gasteiger partial charge on any atom is -0.488 e. The highest BCUT2D eigenvalue weighted by Gasteiger charge is 1.98. The van der Waals surface area contributed by atoms with E-state index in [2.05, 4.69) is 37.5 Å². The highest BCUT2D eigenvalue weighted by molar-refractivity contribution is 5.50. The Labute approximate surface area is 114 Å². The number of ether oxygens (including phenoxy) is 1. The Bertz CT molecular complexity index is 629. The standard InChI is InChI=1S/C18H16O/c1-3-13-19-18-10-5-4-9-17(18)12-11-16-8-6-7-15(2)14-16/h3-10,14H,1,13H2,2H3. The SMILES string of the molecule is C=CCOc1ccccc1C#Cc1cccc(C)c1. The summed E-state index contributed by atoms with van der Waals surface area (Å²) in [6.07, 6.45) is 1.73. The lowest BCUT2D eigenvalue weighted by molar-refractivity contribution is 0.362. The molecule has 0 aliphatic rings. The van der Waals surface area contributed by atoms with Gasteiger partial charge in [-0.15, -0.1) is 0 Å². The Morgan fingerprint density at radius 1 is 1.11 bits per heavy atom. The summed E-state index contributed by atoms with van der Waals surface area (Å²) >= 11 is 0. The van der Waals surface area contributed by atoms with Crippen LogP contribution in [0, 0.1) is 18.8 Å². The number of benzene rings is 2. The lowest BCUT2D eigenvalue weighted by atomic mass is 10.1. The van der Waals surface area contributed by atoms with Crippen molar-refractivity contribution < 1.29 is 4.74 Å². The van der Waals surface area contributed by atoms with E-state index < -0.39 is 0 Å². The second-order valence-electron chi connectivity index (χ2n) is 4.22. The molecule has 2 rings (SSSR count). The summed E-state index contributed by atoms with van der Waals surface area (Å²) in [4.78, 5) is 0. The Morgan fingerprint density at radius 3 is 2.74 bits per heavy atom. The molecule has 0 fully saturated rings. The Kier molecular flexibility index (Phi) is 4.42. The van der Waals surface area contributed by atoms with Crippen LogP contribution < -0.4 is 4.74 Å². The number of hydrogen-bond donors (Lipinski definition) is 0. The van der Waals surface area contributed by atoms with E-state index in [9.17, 15) is 0 Å². The zero-order chi connectivity index (χ0) is 13.5. The first-order valence-corrected chi connectivity index (χ1v) is 6.21. The minimum atomic E-state index is 0.489. The van der Waals surface area contributed by atoms with Crippen molar-refractivity contribution in [2.75, 3.05) is 6.61 Å². The van der Waals surface area contributed by atoms with E-state index in [0.29, 0.717) is 6.61 Å². The van der Waals surface area contributed by atoms with E-state index >= 15 is 0 Å². The van der Waals surface area contributed by atoms with Crippen LogP contribution in [0.5, 0.6) is 5.75 Å². The lowest BCUT2D eigenvalue weighted by Gasteiger charge is -2.04. The maximum absolute atomic E-state index is 5.58. The van der Waals surface area contributed by atoms with Gasteiger partial charge in [0.05, 0.1) is 5.56 Å². The van der Waals surface area contributed by atoms with E-state index in [-0.39, 0.29) is 0 Å². The number of hydrogen-bond acceptors (Lipinski definition) is 1. The largest absolute Gasteiger partial charge is 0.488 e. The molecule has 0 bridgehead atoms. The molecule has 0 radical (unpaired) electrons. The molecule has 0 heterocycles. The Morgan fingerprint density at radius 2 is 1.95 bits per heavy atom. The number of rotatable bonds is 3. The van der Waals surface area contributed by atoms with Crippen molar-refractivity contribution in [2.24, 2.45) is 0 Å². The first-order valence-electron chi connectivity index (χ1n) is 6.21. The van der Waals surface area contributed by atoms with Crippen LogP contribution in [0.3, 0.4) is 0 Å². The molecule has 94 valence electrons. The molecule has 19 heavy (non-hydrogen) atoms. The molecule has 0 atom stereocenters. The third kappa shape index (κ3) is 3.76. The highest BCUT2D eigenvalue weighted by Crippen LogP contribution is 2.16. The van der Waals surface area contributed by atoms with Gasteiger partial charge in [-0.1, -0.05) is 48.8 Å². The zero-order valence-corrected chi connectivity index (χ0v) is 11.0. The topological polar surface area (TPSA) is 9.23 Å². The normalized spacial score (nSPS) is 9.32. The molecule has 1 heteroatoms. The van der Waals surface area contributed by atoms with Crippen LogP contribution in [0.4, 0.5) is 0 Å². The first-order chi connectivity index (χ1) is 9.29.